The molecule has 0 saturated heterocycles. The van der Waals surface area contributed by atoms with Crippen LogP contribution in [0.25, 0.3) is 0 Å². The minimum absolute atomic E-state index is 0.0446. The number of rotatable bonds is 6. The Morgan fingerprint density at radius 3 is 2.92 bits per heavy atom. The van der Waals surface area contributed by atoms with E-state index in [9.17, 15) is 9.90 Å². The van der Waals surface area contributed by atoms with Gasteiger partial charge in [0.1, 0.15) is 0 Å². The summed E-state index contributed by atoms with van der Waals surface area (Å²) in [5, 5.41) is 21.2. The van der Waals surface area contributed by atoms with Crippen LogP contribution in [0.5, 0.6) is 0 Å². The number of nitrogens with one attached hydrogen (secondary N) is 1. The lowest BCUT2D eigenvalue weighted by Gasteiger charge is -2.30. The lowest BCUT2D eigenvalue weighted by molar-refractivity contribution is 0.164. The fraction of sp³-hybridized carbons (Fsp3) is 0.333. The van der Waals surface area contributed by atoms with Crippen LogP contribution < -0.4 is 5.32 Å². The van der Waals surface area contributed by atoms with Crippen molar-refractivity contribution in [2.45, 2.75) is 31.8 Å². The molecule has 2 N–H and O–H groups in total. The van der Waals surface area contributed by atoms with Gasteiger partial charge < -0.3 is 15.3 Å². The Hall–Kier alpha value is -2.84. The number of carbonyl (C=O) groups is 1. The monoisotopic (exact) mass is 349 g/mol. The minimum atomic E-state index is -0.137. The number of amides is 2. The molecule has 2 aromatic carbocycles. The number of fused-ring (bicyclic) bond motifs is 1. The highest BCUT2D eigenvalue weighted by molar-refractivity contribution is 5.75. The van der Waals surface area contributed by atoms with Crippen LogP contribution in [-0.2, 0) is 13.0 Å². The van der Waals surface area contributed by atoms with Gasteiger partial charge in [0.15, 0.2) is 0 Å². The first-order chi connectivity index (χ1) is 12.7. The Morgan fingerprint density at radius 2 is 2.12 bits per heavy atom. The van der Waals surface area contributed by atoms with Crippen LogP contribution in [0.15, 0.2) is 48.5 Å². The van der Waals surface area contributed by atoms with E-state index in [0.29, 0.717) is 25.1 Å². The first-order valence-corrected chi connectivity index (χ1v) is 8.95. The summed E-state index contributed by atoms with van der Waals surface area (Å²) in [7, 11) is 0. The highest BCUT2D eigenvalue weighted by Gasteiger charge is 2.30. The molecule has 2 amide bonds. The third-order valence-corrected chi connectivity index (χ3v) is 4.80. The van der Waals surface area contributed by atoms with Gasteiger partial charge in [0.25, 0.3) is 0 Å². The molecule has 0 fully saturated rings. The summed E-state index contributed by atoms with van der Waals surface area (Å²) < 4.78 is 0. The predicted molar refractivity (Wildman–Crippen MR) is 99.3 cm³/mol. The Bertz CT molecular complexity index is 813. The third kappa shape index (κ3) is 4.04. The van der Waals surface area contributed by atoms with Crippen molar-refractivity contribution in [3.05, 3.63) is 70.8 Å². The van der Waals surface area contributed by atoms with E-state index in [0.717, 1.165) is 18.4 Å². The average Bonchev–Trinajstić information content (AvgIpc) is 3.11. The van der Waals surface area contributed by atoms with E-state index in [-0.39, 0.29) is 18.7 Å². The molecule has 134 valence electrons. The maximum Gasteiger partial charge on any atom is 0.318 e. The molecule has 1 aliphatic rings. The van der Waals surface area contributed by atoms with Crippen molar-refractivity contribution < 1.29 is 9.90 Å². The molecule has 0 bridgehead atoms. The van der Waals surface area contributed by atoms with Crippen molar-refractivity contribution in [1.82, 2.24) is 10.2 Å². The van der Waals surface area contributed by atoms with E-state index in [1.165, 1.54) is 11.1 Å². The molecule has 0 radical (unpaired) electrons. The molecule has 5 nitrogen and oxygen atoms in total. The number of aliphatic hydroxyl groups excluding tert-OH is 1. The van der Waals surface area contributed by atoms with Crippen LogP contribution in [0.3, 0.4) is 0 Å². The molecule has 0 aromatic heterocycles. The van der Waals surface area contributed by atoms with Gasteiger partial charge in [-0.15, -0.1) is 0 Å². The molecule has 26 heavy (non-hydrogen) atoms. The molecule has 1 aliphatic carbocycles. The van der Waals surface area contributed by atoms with Crippen LogP contribution >= 0.6 is 0 Å². The van der Waals surface area contributed by atoms with Crippen molar-refractivity contribution in [3.63, 3.8) is 0 Å². The summed E-state index contributed by atoms with van der Waals surface area (Å²) in [5.41, 5.74) is 3.97. The normalized spacial score (nSPS) is 15.2. The van der Waals surface area contributed by atoms with E-state index < -0.39 is 0 Å². The SMILES string of the molecule is N#Cc1cccc(CNC(=O)N(CCCO)C2CCc3ccccc32)c1. The standard InChI is InChI=1S/C21H23N3O2/c22-14-16-5-3-6-17(13-16)15-23-21(26)24(11-4-12-25)20-10-9-18-7-1-2-8-19(18)20/h1-3,5-8,13,20,25H,4,9-12,15H2,(H,23,26). The van der Waals surface area contributed by atoms with Crippen LogP contribution in [-0.4, -0.2) is 29.2 Å². The zero-order valence-electron chi connectivity index (χ0n) is 14.7. The Labute approximate surface area is 153 Å². The van der Waals surface area contributed by atoms with Gasteiger partial charge in [-0.1, -0.05) is 36.4 Å². The number of urea groups is 1. The summed E-state index contributed by atoms with van der Waals surface area (Å²) in [6, 6.07) is 17.5. The maximum absolute atomic E-state index is 12.8. The number of nitrogens with zero attached hydrogens (tertiary/aromatic N) is 2. The summed E-state index contributed by atoms with van der Waals surface area (Å²) in [6.07, 6.45) is 2.42. The zero-order chi connectivity index (χ0) is 18.4. The van der Waals surface area contributed by atoms with Crippen molar-refractivity contribution in [1.29, 1.82) is 5.26 Å². The minimum Gasteiger partial charge on any atom is -0.396 e. The maximum atomic E-state index is 12.8. The largest absolute Gasteiger partial charge is 0.396 e. The average molecular weight is 349 g/mol. The molecule has 0 saturated carbocycles. The topological polar surface area (TPSA) is 76.4 Å². The van der Waals surface area contributed by atoms with Gasteiger partial charge in [-0.05, 0) is 48.1 Å². The van der Waals surface area contributed by atoms with Gasteiger partial charge in [0.2, 0.25) is 0 Å². The van der Waals surface area contributed by atoms with Crippen LogP contribution in [0, 0.1) is 11.3 Å². The number of aliphatic hydroxyl groups is 1. The van der Waals surface area contributed by atoms with Gasteiger partial charge in [0.05, 0.1) is 17.7 Å². The lowest BCUT2D eigenvalue weighted by atomic mass is 10.1. The second-order valence-corrected chi connectivity index (χ2v) is 6.49. The van der Waals surface area contributed by atoms with Gasteiger partial charge in [-0.2, -0.15) is 5.26 Å². The van der Waals surface area contributed by atoms with Gasteiger partial charge in [-0.3, -0.25) is 0 Å². The highest BCUT2D eigenvalue weighted by Crippen LogP contribution is 2.35. The van der Waals surface area contributed by atoms with E-state index in [1.54, 1.807) is 12.1 Å². The molecule has 3 rings (SSSR count). The van der Waals surface area contributed by atoms with E-state index in [4.69, 9.17) is 5.26 Å². The fourth-order valence-electron chi connectivity index (χ4n) is 3.53. The Morgan fingerprint density at radius 1 is 1.27 bits per heavy atom. The molecule has 2 aromatic rings. The quantitative estimate of drug-likeness (QED) is 0.841. The number of hydrogen-bond donors (Lipinski definition) is 2. The molecule has 0 heterocycles. The first kappa shape index (κ1) is 18.0. The molecule has 1 atom stereocenters. The van der Waals surface area contributed by atoms with Crippen LogP contribution in [0.4, 0.5) is 4.79 Å². The molecule has 0 spiro atoms. The molecular formula is C21H23N3O2. The zero-order valence-corrected chi connectivity index (χ0v) is 14.7. The number of aryl methyl sites for hydroxylation is 1. The van der Waals surface area contributed by atoms with Crippen LogP contribution in [0.2, 0.25) is 0 Å². The van der Waals surface area contributed by atoms with Crippen molar-refractivity contribution in [3.8, 4) is 6.07 Å². The summed E-state index contributed by atoms with van der Waals surface area (Å²) in [6.45, 7) is 0.945. The molecular weight excluding hydrogens is 326 g/mol. The summed E-state index contributed by atoms with van der Waals surface area (Å²) in [4.78, 5) is 14.7. The van der Waals surface area contributed by atoms with Gasteiger partial charge in [0, 0.05) is 19.7 Å². The van der Waals surface area contributed by atoms with Crippen molar-refractivity contribution >= 4 is 6.03 Å². The van der Waals surface area contributed by atoms with Crippen molar-refractivity contribution in [2.24, 2.45) is 0 Å². The summed E-state index contributed by atoms with van der Waals surface area (Å²) >= 11 is 0. The molecule has 1 unspecified atom stereocenters. The number of carbonyl (C=O) groups excluding carboxylic acids is 1. The second kappa shape index (κ2) is 8.50. The third-order valence-electron chi connectivity index (χ3n) is 4.80. The highest BCUT2D eigenvalue weighted by atomic mass is 16.3. The number of benzene rings is 2. The van der Waals surface area contributed by atoms with E-state index in [2.05, 4.69) is 23.5 Å². The van der Waals surface area contributed by atoms with Gasteiger partial charge in [-0.25, -0.2) is 4.79 Å². The Kier molecular flexibility index (Phi) is 5.88. The molecule has 0 aliphatic heterocycles. The Balaban J connectivity index is 1.71. The second-order valence-electron chi connectivity index (χ2n) is 6.49. The van der Waals surface area contributed by atoms with Gasteiger partial charge >= 0.3 is 6.03 Å². The number of hydrogen-bond acceptors (Lipinski definition) is 3. The molecule has 5 heteroatoms. The predicted octanol–water partition coefficient (Wildman–Crippen LogP) is 3.14. The number of nitriles is 1. The van der Waals surface area contributed by atoms with Crippen molar-refractivity contribution in [2.75, 3.05) is 13.2 Å². The lowest BCUT2D eigenvalue weighted by Crippen LogP contribution is -2.42. The summed E-state index contributed by atoms with van der Waals surface area (Å²) in [5.74, 6) is 0. The van der Waals surface area contributed by atoms with E-state index >= 15 is 0 Å². The fourth-order valence-corrected chi connectivity index (χ4v) is 3.53. The van der Waals surface area contributed by atoms with Crippen LogP contribution in [0.1, 0.15) is 41.1 Å². The van der Waals surface area contributed by atoms with E-state index in [1.807, 2.05) is 29.2 Å². The first-order valence-electron chi connectivity index (χ1n) is 8.95. The smallest absolute Gasteiger partial charge is 0.318 e.